The molecule has 0 fully saturated rings. The molecule has 0 bridgehead atoms. The van der Waals surface area contributed by atoms with Crippen LogP contribution in [0.15, 0.2) is 40.0 Å². The fourth-order valence-electron chi connectivity index (χ4n) is 5.36. The van der Waals surface area contributed by atoms with Crippen molar-refractivity contribution in [1.29, 1.82) is 0 Å². The molecule has 3 heterocycles. The highest BCUT2D eigenvalue weighted by Crippen LogP contribution is 2.44. The number of benzene rings is 1. The lowest BCUT2D eigenvalue weighted by molar-refractivity contribution is -0.121. The van der Waals surface area contributed by atoms with Crippen LogP contribution in [-0.2, 0) is 4.79 Å². The second kappa shape index (κ2) is 9.08. The minimum Gasteiger partial charge on any atom is -0.355 e. The second-order valence-electron chi connectivity index (χ2n) is 10.8. The zero-order valence-corrected chi connectivity index (χ0v) is 24.4. The van der Waals surface area contributed by atoms with Gasteiger partial charge in [0.25, 0.3) is 0 Å². The summed E-state index contributed by atoms with van der Waals surface area (Å²) >= 11 is 7.91. The van der Waals surface area contributed by atoms with E-state index in [1.807, 2.05) is 31.2 Å². The van der Waals surface area contributed by atoms with Crippen LogP contribution < -0.4 is 5.32 Å². The van der Waals surface area contributed by atoms with E-state index in [9.17, 15) is 4.79 Å². The van der Waals surface area contributed by atoms with Crippen LogP contribution >= 0.6 is 22.9 Å². The molecule has 5 rings (SSSR count). The van der Waals surface area contributed by atoms with Gasteiger partial charge in [0, 0.05) is 33.5 Å². The van der Waals surface area contributed by atoms with E-state index in [0.29, 0.717) is 23.3 Å². The zero-order valence-electron chi connectivity index (χ0n) is 21.9. The quantitative estimate of drug-likeness (QED) is 0.384. The molecule has 0 radical (unpaired) electrons. The van der Waals surface area contributed by atoms with Crippen molar-refractivity contribution in [2.24, 2.45) is 10.9 Å². The van der Waals surface area contributed by atoms with Gasteiger partial charge in [0.2, 0.25) is 5.91 Å². The third-order valence-electron chi connectivity index (χ3n) is 7.26. The molecule has 1 aliphatic carbocycles. The Morgan fingerprint density at radius 1 is 1.11 bits per heavy atom. The number of rotatable bonds is 6. The largest absolute Gasteiger partial charge is 0.355 e. The van der Waals surface area contributed by atoms with Gasteiger partial charge in [-0.2, -0.15) is 0 Å². The smallest absolute Gasteiger partial charge is 0.222 e. The van der Waals surface area contributed by atoms with Gasteiger partial charge in [0.15, 0.2) is 5.82 Å². The number of aliphatic imine (C=N–C) groups is 1. The SMILES string of the molecule is CC1=C([Si](C)(C)C)C1CNC(=O)C[C@@H]1N=C(c2ccc(Cl)cc2)c2c(sc(C)c2C)-n2c(C)nnc21. The van der Waals surface area contributed by atoms with E-state index in [0.717, 1.165) is 27.7 Å². The van der Waals surface area contributed by atoms with Crippen molar-refractivity contribution in [3.05, 3.63) is 73.3 Å². The highest BCUT2D eigenvalue weighted by molar-refractivity contribution is 7.15. The number of halogens is 1. The summed E-state index contributed by atoms with van der Waals surface area (Å²) in [6, 6.07) is 7.31. The molecule has 2 aromatic heterocycles. The van der Waals surface area contributed by atoms with Crippen LogP contribution in [0.5, 0.6) is 0 Å². The topological polar surface area (TPSA) is 72.2 Å². The Kier molecular flexibility index (Phi) is 6.33. The summed E-state index contributed by atoms with van der Waals surface area (Å²) in [4.78, 5) is 19.6. The first-order valence-electron chi connectivity index (χ1n) is 12.3. The lowest BCUT2D eigenvalue weighted by Crippen LogP contribution is -2.30. The van der Waals surface area contributed by atoms with Crippen molar-refractivity contribution in [1.82, 2.24) is 20.1 Å². The summed E-state index contributed by atoms with van der Waals surface area (Å²) in [5.41, 5.74) is 5.55. The number of fused-ring (bicyclic) bond motifs is 3. The van der Waals surface area contributed by atoms with Crippen molar-refractivity contribution in [3.63, 3.8) is 0 Å². The Morgan fingerprint density at radius 2 is 1.81 bits per heavy atom. The van der Waals surface area contributed by atoms with Crippen LogP contribution in [0.2, 0.25) is 24.7 Å². The van der Waals surface area contributed by atoms with Crippen LogP contribution in [-0.4, -0.2) is 41.0 Å². The normalized spacial score (nSPS) is 18.9. The molecule has 1 unspecified atom stereocenters. The number of aromatic nitrogens is 3. The average Bonchev–Trinajstić information content (AvgIpc) is 3.24. The molecular formula is C27H32ClN5OSSi. The highest BCUT2D eigenvalue weighted by Gasteiger charge is 2.41. The van der Waals surface area contributed by atoms with E-state index in [4.69, 9.17) is 16.6 Å². The van der Waals surface area contributed by atoms with Gasteiger partial charge in [-0.25, -0.2) is 0 Å². The van der Waals surface area contributed by atoms with Crippen molar-refractivity contribution in [2.45, 2.75) is 59.8 Å². The minimum atomic E-state index is -1.33. The molecule has 2 atom stereocenters. The van der Waals surface area contributed by atoms with E-state index in [-0.39, 0.29) is 12.3 Å². The van der Waals surface area contributed by atoms with Gasteiger partial charge in [0.05, 0.1) is 20.2 Å². The summed E-state index contributed by atoms with van der Waals surface area (Å²) in [6.07, 6.45) is 0.218. The molecular weight excluding hydrogens is 506 g/mol. The van der Waals surface area contributed by atoms with Crippen molar-refractivity contribution in [3.8, 4) is 5.00 Å². The second-order valence-corrected chi connectivity index (χ2v) is 17.5. The van der Waals surface area contributed by atoms with E-state index in [1.54, 1.807) is 16.5 Å². The first kappa shape index (κ1) is 25.1. The number of hydrogen-bond donors (Lipinski definition) is 1. The lowest BCUT2D eigenvalue weighted by atomic mass is 9.99. The molecule has 1 aliphatic heterocycles. The summed E-state index contributed by atoms with van der Waals surface area (Å²) in [5, 5.41) is 15.4. The molecule has 0 saturated heterocycles. The maximum Gasteiger partial charge on any atom is 0.222 e. The Bertz CT molecular complexity index is 1430. The molecule has 3 aromatic rings. The molecule has 36 heavy (non-hydrogen) atoms. The van der Waals surface area contributed by atoms with Crippen molar-refractivity contribution >= 4 is 42.6 Å². The third-order valence-corrected chi connectivity index (χ3v) is 11.1. The molecule has 1 aromatic carbocycles. The maximum absolute atomic E-state index is 13.2. The number of thiophene rings is 1. The van der Waals surface area contributed by atoms with Gasteiger partial charge in [0.1, 0.15) is 16.9 Å². The van der Waals surface area contributed by atoms with Gasteiger partial charge in [-0.05, 0) is 45.4 Å². The minimum absolute atomic E-state index is 0.0146. The highest BCUT2D eigenvalue weighted by atomic mass is 35.5. The number of carbonyl (C=O) groups excluding carboxylic acids is 1. The summed E-state index contributed by atoms with van der Waals surface area (Å²) in [7, 11) is -1.33. The predicted octanol–water partition coefficient (Wildman–Crippen LogP) is 6.13. The van der Waals surface area contributed by atoms with Crippen LogP contribution in [0.4, 0.5) is 0 Å². The number of amides is 1. The van der Waals surface area contributed by atoms with Crippen LogP contribution in [0.3, 0.4) is 0 Å². The first-order valence-corrected chi connectivity index (χ1v) is 17.0. The summed E-state index contributed by atoms with van der Waals surface area (Å²) < 4.78 is 2.08. The molecule has 1 amide bonds. The molecule has 6 nitrogen and oxygen atoms in total. The van der Waals surface area contributed by atoms with Crippen molar-refractivity contribution in [2.75, 3.05) is 6.54 Å². The number of aryl methyl sites for hydroxylation is 2. The van der Waals surface area contributed by atoms with Gasteiger partial charge >= 0.3 is 0 Å². The average molecular weight is 538 g/mol. The Labute approximate surface area is 222 Å². The number of nitrogens with one attached hydrogen (secondary N) is 1. The van der Waals surface area contributed by atoms with Gasteiger partial charge in [-0.15, -0.1) is 21.5 Å². The summed E-state index contributed by atoms with van der Waals surface area (Å²) in [6.45, 7) is 16.2. The molecule has 188 valence electrons. The van der Waals surface area contributed by atoms with Gasteiger partial charge < -0.3 is 5.32 Å². The van der Waals surface area contributed by atoms with Gasteiger partial charge in [-0.1, -0.05) is 54.1 Å². The fourth-order valence-corrected chi connectivity index (χ4v) is 9.35. The molecule has 0 saturated carbocycles. The fraction of sp³-hybridized carbons (Fsp3) is 0.407. The van der Waals surface area contributed by atoms with Crippen LogP contribution in [0.25, 0.3) is 5.00 Å². The number of nitrogens with zero attached hydrogens (tertiary/aromatic N) is 4. The van der Waals surface area contributed by atoms with Gasteiger partial charge in [-0.3, -0.25) is 14.4 Å². The van der Waals surface area contributed by atoms with Crippen molar-refractivity contribution < 1.29 is 4.79 Å². The van der Waals surface area contributed by atoms with E-state index < -0.39 is 14.1 Å². The Hall–Kier alpha value is -2.55. The Balaban J connectivity index is 1.49. The molecule has 2 aliphatic rings. The predicted molar refractivity (Wildman–Crippen MR) is 150 cm³/mol. The lowest BCUT2D eigenvalue weighted by Gasteiger charge is -2.15. The monoisotopic (exact) mass is 537 g/mol. The third kappa shape index (κ3) is 4.39. The zero-order chi connectivity index (χ0) is 25.9. The van der Waals surface area contributed by atoms with E-state index in [1.165, 1.54) is 16.0 Å². The van der Waals surface area contributed by atoms with Crippen LogP contribution in [0, 0.1) is 26.7 Å². The molecule has 9 heteroatoms. The molecule has 0 spiro atoms. The summed E-state index contributed by atoms with van der Waals surface area (Å²) in [5.74, 6) is 1.91. The standard InChI is InChI=1S/C27H32ClN5OSSi/c1-14-16(3)35-27-23(14)24(18-8-10-19(28)11-9-18)30-21(26-32-31-17(4)33(26)27)12-22(34)29-13-20-15(2)25(20)36(5,6)7/h8-11,20-21H,12-13H2,1-7H3,(H,29,34)/t20?,21-/m0/s1. The molecule has 1 N–H and O–H groups in total. The van der Waals surface area contributed by atoms with E-state index >= 15 is 0 Å². The maximum atomic E-state index is 13.2. The van der Waals surface area contributed by atoms with E-state index in [2.05, 4.69) is 60.5 Å². The van der Waals surface area contributed by atoms with Crippen LogP contribution in [0.1, 0.15) is 52.6 Å². The Morgan fingerprint density at radius 3 is 2.44 bits per heavy atom. The number of carbonyl (C=O) groups is 1. The number of hydrogen-bond acceptors (Lipinski definition) is 5. The first-order chi connectivity index (χ1) is 17.0.